The first-order chi connectivity index (χ1) is 14.2. The maximum Gasteiger partial charge on any atom is 0.260 e. The highest BCUT2D eigenvalue weighted by molar-refractivity contribution is 7.98. The molecular weight excluding hydrogens is 445 g/mol. The van der Waals surface area contributed by atoms with Crippen LogP contribution in [0.25, 0.3) is 10.2 Å². The average Bonchev–Trinajstić information content (AvgIpc) is 3.20. The van der Waals surface area contributed by atoms with E-state index in [-0.39, 0.29) is 24.1 Å². The molecule has 2 heterocycles. The van der Waals surface area contributed by atoms with Crippen LogP contribution >= 0.6 is 35.5 Å². The minimum Gasteiger partial charge on any atom is -0.379 e. The van der Waals surface area contributed by atoms with Crippen LogP contribution in [0.2, 0.25) is 0 Å². The summed E-state index contributed by atoms with van der Waals surface area (Å²) in [6.07, 6.45) is 1.98. The van der Waals surface area contributed by atoms with Crippen LogP contribution < -0.4 is 4.90 Å². The molecule has 4 rings (SSSR count). The van der Waals surface area contributed by atoms with Gasteiger partial charge < -0.3 is 4.74 Å². The van der Waals surface area contributed by atoms with E-state index in [0.717, 1.165) is 29.2 Å². The number of fused-ring (bicyclic) bond motifs is 1. The average molecular weight is 468 g/mol. The summed E-state index contributed by atoms with van der Waals surface area (Å²) < 4.78 is 20.3. The minimum absolute atomic E-state index is 0. The predicted molar refractivity (Wildman–Crippen MR) is 124 cm³/mol. The highest BCUT2D eigenvalue weighted by Crippen LogP contribution is 2.31. The van der Waals surface area contributed by atoms with Crippen molar-refractivity contribution in [3.63, 3.8) is 0 Å². The van der Waals surface area contributed by atoms with Crippen LogP contribution in [0.5, 0.6) is 0 Å². The van der Waals surface area contributed by atoms with Crippen LogP contribution in [0.3, 0.4) is 0 Å². The van der Waals surface area contributed by atoms with Gasteiger partial charge in [0.05, 0.1) is 17.9 Å². The van der Waals surface area contributed by atoms with Gasteiger partial charge in [-0.05, 0) is 36.6 Å². The number of benzene rings is 2. The van der Waals surface area contributed by atoms with Crippen LogP contribution in [0.4, 0.5) is 9.52 Å². The normalized spacial score (nSPS) is 14.5. The van der Waals surface area contributed by atoms with E-state index in [1.54, 1.807) is 22.7 Å². The number of hydrogen-bond donors (Lipinski definition) is 0. The summed E-state index contributed by atoms with van der Waals surface area (Å²) in [5, 5.41) is 0.526. The Kier molecular flexibility index (Phi) is 8.07. The molecule has 30 heavy (non-hydrogen) atoms. The largest absolute Gasteiger partial charge is 0.379 e. The van der Waals surface area contributed by atoms with Crippen molar-refractivity contribution < 1.29 is 13.9 Å². The summed E-state index contributed by atoms with van der Waals surface area (Å²) in [6, 6.07) is 12.5. The molecule has 1 fully saturated rings. The lowest BCUT2D eigenvalue weighted by Crippen LogP contribution is -2.43. The van der Waals surface area contributed by atoms with Crippen LogP contribution in [0, 0.1) is 5.82 Å². The Morgan fingerprint density at radius 2 is 2.03 bits per heavy atom. The Hall–Kier alpha value is -1.71. The predicted octanol–water partition coefficient (Wildman–Crippen LogP) is 4.56. The number of hydrogen-bond acceptors (Lipinski definition) is 6. The SMILES string of the molecule is CSc1cccc(C(=O)N(CCN2CCOCC2)c2nc3c(F)cccc3s2)c1.Cl. The molecule has 2 aromatic carbocycles. The molecule has 1 aromatic heterocycles. The fourth-order valence-corrected chi connectivity index (χ4v) is 4.74. The van der Waals surface area contributed by atoms with E-state index in [4.69, 9.17) is 4.74 Å². The van der Waals surface area contributed by atoms with Crippen molar-refractivity contribution >= 4 is 56.8 Å². The van der Waals surface area contributed by atoms with Crippen molar-refractivity contribution in [2.75, 3.05) is 50.5 Å². The van der Waals surface area contributed by atoms with Crippen molar-refractivity contribution in [1.29, 1.82) is 0 Å². The Balaban J connectivity index is 0.00000256. The Bertz CT molecular complexity index is 1010. The molecule has 1 saturated heterocycles. The maximum atomic E-state index is 14.2. The number of thioether (sulfide) groups is 1. The third kappa shape index (κ3) is 5.12. The molecule has 0 bridgehead atoms. The number of carbonyl (C=O) groups excluding carboxylic acids is 1. The summed E-state index contributed by atoms with van der Waals surface area (Å²) in [5.41, 5.74) is 0.924. The van der Waals surface area contributed by atoms with Gasteiger partial charge in [-0.3, -0.25) is 14.6 Å². The van der Waals surface area contributed by atoms with Crippen LogP contribution in [0.15, 0.2) is 47.4 Å². The van der Waals surface area contributed by atoms with Gasteiger partial charge in [0, 0.05) is 36.6 Å². The molecule has 0 atom stereocenters. The molecule has 0 spiro atoms. The zero-order valence-corrected chi connectivity index (χ0v) is 19.0. The molecule has 1 aliphatic rings. The summed E-state index contributed by atoms with van der Waals surface area (Å²) >= 11 is 2.94. The Morgan fingerprint density at radius 3 is 2.77 bits per heavy atom. The lowest BCUT2D eigenvalue weighted by Gasteiger charge is -2.29. The zero-order valence-electron chi connectivity index (χ0n) is 16.5. The van der Waals surface area contributed by atoms with E-state index in [0.29, 0.717) is 36.0 Å². The standard InChI is InChI=1S/C21H22FN3O2S2.ClH/c1-28-16-5-2-4-15(14-16)20(26)25(9-8-24-10-12-27-13-11-24)21-23-19-17(22)6-3-7-18(19)29-21;/h2-7,14H,8-13H2,1H3;1H. The van der Waals surface area contributed by atoms with Gasteiger partial charge in [-0.15, -0.1) is 24.2 Å². The van der Waals surface area contributed by atoms with E-state index >= 15 is 0 Å². The molecule has 1 aliphatic heterocycles. The quantitative estimate of drug-likeness (QED) is 0.497. The number of ether oxygens (including phenoxy) is 1. The lowest BCUT2D eigenvalue weighted by molar-refractivity contribution is 0.0391. The number of anilines is 1. The van der Waals surface area contributed by atoms with Gasteiger partial charge in [-0.25, -0.2) is 9.37 Å². The van der Waals surface area contributed by atoms with Gasteiger partial charge in [0.2, 0.25) is 0 Å². The number of amides is 1. The van der Waals surface area contributed by atoms with Gasteiger partial charge in [-0.2, -0.15) is 0 Å². The van der Waals surface area contributed by atoms with Crippen molar-refractivity contribution in [1.82, 2.24) is 9.88 Å². The van der Waals surface area contributed by atoms with Gasteiger partial charge in [0.25, 0.3) is 5.91 Å². The first-order valence-corrected chi connectivity index (χ1v) is 11.5. The number of thiazole rings is 1. The second-order valence-corrected chi connectivity index (χ2v) is 8.61. The van der Waals surface area contributed by atoms with E-state index < -0.39 is 0 Å². The first kappa shape index (κ1) is 23.0. The van der Waals surface area contributed by atoms with E-state index in [9.17, 15) is 9.18 Å². The molecule has 5 nitrogen and oxygen atoms in total. The number of para-hydroxylation sites is 1. The molecular formula is C21H23ClFN3O2S2. The number of aromatic nitrogens is 1. The van der Waals surface area contributed by atoms with Gasteiger partial charge in [-0.1, -0.05) is 23.5 Å². The molecule has 1 amide bonds. The Morgan fingerprint density at radius 1 is 1.27 bits per heavy atom. The number of carbonyl (C=O) groups is 1. The van der Waals surface area contributed by atoms with E-state index in [1.165, 1.54) is 17.4 Å². The van der Waals surface area contributed by atoms with Crippen LogP contribution in [0.1, 0.15) is 10.4 Å². The fourth-order valence-electron chi connectivity index (χ4n) is 3.28. The lowest BCUT2D eigenvalue weighted by atomic mass is 10.2. The fraction of sp³-hybridized carbons (Fsp3) is 0.333. The van der Waals surface area contributed by atoms with Crippen molar-refractivity contribution in [2.24, 2.45) is 0 Å². The second-order valence-electron chi connectivity index (χ2n) is 6.73. The zero-order chi connectivity index (χ0) is 20.2. The summed E-state index contributed by atoms with van der Waals surface area (Å²) in [7, 11) is 0. The van der Waals surface area contributed by atoms with Crippen molar-refractivity contribution in [2.45, 2.75) is 4.90 Å². The highest BCUT2D eigenvalue weighted by Gasteiger charge is 2.23. The van der Waals surface area contributed by atoms with Gasteiger partial charge in [0.1, 0.15) is 11.3 Å². The minimum atomic E-state index is -0.366. The second kappa shape index (κ2) is 10.5. The topological polar surface area (TPSA) is 45.7 Å². The third-order valence-corrected chi connectivity index (χ3v) is 6.66. The molecule has 3 aromatic rings. The third-order valence-electron chi connectivity index (χ3n) is 4.89. The van der Waals surface area contributed by atoms with Crippen molar-refractivity contribution in [3.8, 4) is 0 Å². The maximum absolute atomic E-state index is 14.2. The summed E-state index contributed by atoms with van der Waals surface area (Å²) in [6.45, 7) is 4.31. The van der Waals surface area contributed by atoms with E-state index in [1.807, 2.05) is 36.6 Å². The van der Waals surface area contributed by atoms with Gasteiger partial charge >= 0.3 is 0 Å². The highest BCUT2D eigenvalue weighted by atomic mass is 35.5. The molecule has 0 N–H and O–H groups in total. The molecule has 0 radical (unpaired) electrons. The molecule has 0 aliphatic carbocycles. The number of morpholine rings is 1. The smallest absolute Gasteiger partial charge is 0.260 e. The van der Waals surface area contributed by atoms with Crippen LogP contribution in [-0.4, -0.2) is 61.4 Å². The summed E-state index contributed by atoms with van der Waals surface area (Å²) in [4.78, 5) is 22.8. The van der Waals surface area contributed by atoms with Gasteiger partial charge in [0.15, 0.2) is 5.13 Å². The van der Waals surface area contributed by atoms with E-state index in [2.05, 4.69) is 9.88 Å². The summed E-state index contributed by atoms with van der Waals surface area (Å²) in [5.74, 6) is -0.483. The molecule has 0 saturated carbocycles. The number of halogens is 2. The molecule has 0 unspecified atom stereocenters. The number of nitrogens with zero attached hydrogens (tertiary/aromatic N) is 3. The molecule has 9 heteroatoms. The van der Waals surface area contributed by atoms with Crippen molar-refractivity contribution in [3.05, 3.63) is 53.8 Å². The Labute approximate surface area is 189 Å². The molecule has 160 valence electrons. The monoisotopic (exact) mass is 467 g/mol. The van der Waals surface area contributed by atoms with Crippen LogP contribution in [-0.2, 0) is 4.74 Å². The first-order valence-electron chi connectivity index (χ1n) is 9.47. The number of rotatable bonds is 6.